The Kier molecular flexibility index (Phi) is 7.82. The summed E-state index contributed by atoms with van der Waals surface area (Å²) >= 11 is 0. The van der Waals surface area contributed by atoms with E-state index >= 15 is 0 Å². The highest BCUT2D eigenvalue weighted by molar-refractivity contribution is 4.73. The maximum atomic E-state index is 5.86. The molecule has 3 nitrogen and oxygen atoms in total. The lowest BCUT2D eigenvalue weighted by Crippen LogP contribution is -2.38. The summed E-state index contributed by atoms with van der Waals surface area (Å²) in [5.41, 5.74) is 0. The molecule has 0 radical (unpaired) electrons. The van der Waals surface area contributed by atoms with Gasteiger partial charge in [-0.1, -0.05) is 19.3 Å². The summed E-state index contributed by atoms with van der Waals surface area (Å²) in [5.74, 6) is 0. The van der Waals surface area contributed by atoms with Crippen LogP contribution in [-0.4, -0.2) is 38.0 Å². The molecule has 1 aliphatic carbocycles. The number of rotatable bonds is 8. The molecule has 0 amide bonds. The van der Waals surface area contributed by atoms with E-state index in [4.69, 9.17) is 9.47 Å². The van der Waals surface area contributed by atoms with Crippen LogP contribution in [0, 0.1) is 0 Å². The monoisotopic (exact) mass is 243 g/mol. The second kappa shape index (κ2) is 8.90. The zero-order chi connectivity index (χ0) is 12.5. The lowest BCUT2D eigenvalue weighted by molar-refractivity contribution is -0.0393. The van der Waals surface area contributed by atoms with Gasteiger partial charge >= 0.3 is 0 Å². The zero-order valence-corrected chi connectivity index (χ0v) is 11.7. The average molecular weight is 243 g/mol. The molecule has 1 saturated carbocycles. The van der Waals surface area contributed by atoms with Crippen molar-refractivity contribution in [1.29, 1.82) is 0 Å². The number of nitrogens with one attached hydrogen (secondary N) is 1. The molecule has 0 aromatic rings. The molecule has 0 bridgehead atoms. The van der Waals surface area contributed by atoms with E-state index in [1.54, 1.807) is 0 Å². The van der Waals surface area contributed by atoms with Crippen LogP contribution < -0.4 is 5.32 Å². The summed E-state index contributed by atoms with van der Waals surface area (Å²) in [6, 6.07) is 0.719. The van der Waals surface area contributed by atoms with Gasteiger partial charge in [0.2, 0.25) is 0 Å². The molecule has 1 rings (SSSR count). The molecule has 1 N–H and O–H groups in total. The van der Waals surface area contributed by atoms with Crippen LogP contribution >= 0.6 is 0 Å². The molecule has 0 aliphatic heterocycles. The van der Waals surface area contributed by atoms with Crippen LogP contribution in [0.15, 0.2) is 0 Å². The zero-order valence-electron chi connectivity index (χ0n) is 11.7. The molecular formula is C14H29NO2. The van der Waals surface area contributed by atoms with Gasteiger partial charge in [0.25, 0.3) is 0 Å². The minimum absolute atomic E-state index is 0.193. The van der Waals surface area contributed by atoms with Crippen molar-refractivity contribution in [2.45, 2.75) is 71.1 Å². The lowest BCUT2D eigenvalue weighted by Gasteiger charge is -2.26. The molecule has 0 spiro atoms. The topological polar surface area (TPSA) is 30.5 Å². The fourth-order valence-electron chi connectivity index (χ4n) is 2.41. The summed E-state index contributed by atoms with van der Waals surface area (Å²) in [7, 11) is 0. The Morgan fingerprint density at radius 2 is 1.82 bits per heavy atom. The number of hydrogen-bond acceptors (Lipinski definition) is 3. The highest BCUT2D eigenvalue weighted by atomic mass is 16.5. The van der Waals surface area contributed by atoms with E-state index in [0.29, 0.717) is 6.61 Å². The van der Waals surface area contributed by atoms with E-state index < -0.39 is 0 Å². The third kappa shape index (κ3) is 7.02. The van der Waals surface area contributed by atoms with Crippen LogP contribution in [0.25, 0.3) is 0 Å². The van der Waals surface area contributed by atoms with E-state index in [9.17, 15) is 0 Å². The molecule has 17 heavy (non-hydrogen) atoms. The maximum Gasteiger partial charge on any atom is 0.0784 e. The third-order valence-electron chi connectivity index (χ3n) is 3.32. The van der Waals surface area contributed by atoms with Crippen LogP contribution in [0.1, 0.15) is 52.9 Å². The molecule has 1 aliphatic rings. The second-order valence-electron chi connectivity index (χ2n) is 5.16. The Morgan fingerprint density at radius 3 is 2.47 bits per heavy atom. The largest absolute Gasteiger partial charge is 0.379 e. The van der Waals surface area contributed by atoms with Gasteiger partial charge < -0.3 is 14.8 Å². The predicted molar refractivity (Wildman–Crippen MR) is 71.4 cm³/mol. The Hall–Kier alpha value is -0.120. The summed E-state index contributed by atoms with van der Waals surface area (Å²) in [6.45, 7) is 8.65. The van der Waals surface area contributed by atoms with Gasteiger partial charge in [0.15, 0.2) is 0 Å². The Labute approximate surface area is 106 Å². The van der Waals surface area contributed by atoms with E-state index in [-0.39, 0.29) is 12.2 Å². The molecule has 102 valence electrons. The number of hydrogen-bond donors (Lipinski definition) is 1. The van der Waals surface area contributed by atoms with Gasteiger partial charge in [0.05, 0.1) is 18.8 Å². The standard InChI is InChI=1S/C14H29NO2/c1-4-16-11-13(3)17-12(2)10-15-14-8-6-5-7-9-14/h12-15H,4-11H2,1-3H3. The summed E-state index contributed by atoms with van der Waals surface area (Å²) < 4.78 is 11.2. The van der Waals surface area contributed by atoms with E-state index in [0.717, 1.165) is 19.2 Å². The van der Waals surface area contributed by atoms with Gasteiger partial charge in [-0.15, -0.1) is 0 Å². The van der Waals surface area contributed by atoms with Crippen LogP contribution in [0.4, 0.5) is 0 Å². The third-order valence-corrected chi connectivity index (χ3v) is 3.32. The molecule has 2 atom stereocenters. The van der Waals surface area contributed by atoms with Crippen LogP contribution in [0.3, 0.4) is 0 Å². The van der Waals surface area contributed by atoms with Crippen molar-refractivity contribution in [3.8, 4) is 0 Å². The highest BCUT2D eigenvalue weighted by Gasteiger charge is 2.14. The van der Waals surface area contributed by atoms with Crippen molar-refractivity contribution in [3.63, 3.8) is 0 Å². The van der Waals surface area contributed by atoms with Crippen molar-refractivity contribution in [2.75, 3.05) is 19.8 Å². The van der Waals surface area contributed by atoms with Crippen LogP contribution in [-0.2, 0) is 9.47 Å². The van der Waals surface area contributed by atoms with Crippen molar-refractivity contribution < 1.29 is 9.47 Å². The highest BCUT2D eigenvalue weighted by Crippen LogP contribution is 2.17. The van der Waals surface area contributed by atoms with E-state index in [1.165, 1.54) is 32.1 Å². The summed E-state index contributed by atoms with van der Waals surface area (Å²) in [4.78, 5) is 0. The van der Waals surface area contributed by atoms with Crippen LogP contribution in [0.5, 0.6) is 0 Å². The molecule has 1 fully saturated rings. The molecule has 0 aromatic carbocycles. The predicted octanol–water partition coefficient (Wildman–Crippen LogP) is 2.74. The molecular weight excluding hydrogens is 214 g/mol. The first-order valence-corrected chi connectivity index (χ1v) is 7.19. The first-order valence-electron chi connectivity index (χ1n) is 7.19. The van der Waals surface area contributed by atoms with Crippen molar-refractivity contribution in [3.05, 3.63) is 0 Å². The first kappa shape index (κ1) is 14.9. The van der Waals surface area contributed by atoms with Gasteiger partial charge in [-0.2, -0.15) is 0 Å². The van der Waals surface area contributed by atoms with Gasteiger partial charge in [0.1, 0.15) is 0 Å². The smallest absolute Gasteiger partial charge is 0.0784 e. The molecule has 0 saturated heterocycles. The average Bonchev–Trinajstić information content (AvgIpc) is 2.35. The quantitative estimate of drug-likeness (QED) is 0.711. The van der Waals surface area contributed by atoms with Gasteiger partial charge in [-0.05, 0) is 33.6 Å². The summed E-state index contributed by atoms with van der Waals surface area (Å²) in [6.07, 6.45) is 7.31. The molecule has 0 heterocycles. The maximum absolute atomic E-state index is 5.86. The second-order valence-corrected chi connectivity index (χ2v) is 5.16. The van der Waals surface area contributed by atoms with Crippen molar-refractivity contribution in [1.82, 2.24) is 5.32 Å². The Bertz CT molecular complexity index is 181. The molecule has 2 unspecified atom stereocenters. The fourth-order valence-corrected chi connectivity index (χ4v) is 2.41. The van der Waals surface area contributed by atoms with Crippen LogP contribution in [0.2, 0.25) is 0 Å². The summed E-state index contributed by atoms with van der Waals surface area (Å²) in [5, 5.41) is 3.62. The lowest BCUT2D eigenvalue weighted by atomic mass is 9.95. The first-order chi connectivity index (χ1) is 8.22. The Balaban J connectivity index is 2.05. The van der Waals surface area contributed by atoms with Gasteiger partial charge in [0, 0.05) is 19.2 Å². The number of ether oxygens (including phenoxy) is 2. The van der Waals surface area contributed by atoms with E-state index in [1.807, 2.05) is 6.92 Å². The van der Waals surface area contributed by atoms with Gasteiger partial charge in [-0.25, -0.2) is 0 Å². The molecule has 0 aromatic heterocycles. The minimum atomic E-state index is 0.193. The minimum Gasteiger partial charge on any atom is -0.379 e. The SMILES string of the molecule is CCOCC(C)OC(C)CNC1CCCCC1. The molecule has 3 heteroatoms. The fraction of sp³-hybridized carbons (Fsp3) is 1.00. The Morgan fingerprint density at radius 1 is 1.12 bits per heavy atom. The van der Waals surface area contributed by atoms with E-state index in [2.05, 4.69) is 19.2 Å². The normalized spacial score (nSPS) is 21.4. The van der Waals surface area contributed by atoms with Gasteiger partial charge in [-0.3, -0.25) is 0 Å². The van der Waals surface area contributed by atoms with Crippen molar-refractivity contribution in [2.24, 2.45) is 0 Å². The van der Waals surface area contributed by atoms with Crippen molar-refractivity contribution >= 4 is 0 Å².